The van der Waals surface area contributed by atoms with Gasteiger partial charge in [-0.1, -0.05) is 18.0 Å². The highest BCUT2D eigenvalue weighted by atomic mass is 35.5. The summed E-state index contributed by atoms with van der Waals surface area (Å²) in [5.74, 6) is -2.90. The Labute approximate surface area is 231 Å². The molecule has 0 spiro atoms. The molecule has 1 aromatic carbocycles. The molecule has 39 heavy (non-hydrogen) atoms. The summed E-state index contributed by atoms with van der Waals surface area (Å²) >= 11 is 6.19. The van der Waals surface area contributed by atoms with Crippen LogP contribution in [0.3, 0.4) is 0 Å². The van der Waals surface area contributed by atoms with E-state index in [1.54, 1.807) is 18.3 Å². The van der Waals surface area contributed by atoms with Crippen LogP contribution in [0.1, 0.15) is 48.2 Å². The number of rotatable bonds is 5. The molecule has 0 N–H and O–H groups in total. The lowest BCUT2D eigenvalue weighted by molar-refractivity contribution is -0.136. The van der Waals surface area contributed by atoms with Crippen molar-refractivity contribution in [1.82, 2.24) is 24.3 Å². The predicted molar refractivity (Wildman–Crippen MR) is 146 cm³/mol. The lowest BCUT2D eigenvalue weighted by atomic mass is 9.91. The normalized spacial score (nSPS) is 20.3. The molecule has 2 saturated heterocycles. The Morgan fingerprint density at radius 3 is 2.36 bits per heavy atom. The molecule has 3 fully saturated rings. The molecular weight excluding hydrogens is 524 g/mol. The van der Waals surface area contributed by atoms with Crippen molar-refractivity contribution in [3.8, 4) is 5.69 Å². The molecule has 7 nitrogen and oxygen atoms in total. The van der Waals surface area contributed by atoms with Crippen molar-refractivity contribution >= 4 is 34.3 Å². The minimum Gasteiger partial charge on any atom is -0.342 e. The molecule has 3 aliphatic rings. The molecule has 4 heterocycles. The van der Waals surface area contributed by atoms with E-state index in [9.17, 15) is 18.4 Å². The fourth-order valence-corrected chi connectivity index (χ4v) is 6.11. The number of piperazine rings is 1. The summed E-state index contributed by atoms with van der Waals surface area (Å²) in [6, 6.07) is 11.7. The van der Waals surface area contributed by atoms with Crippen LogP contribution in [-0.4, -0.2) is 87.3 Å². The van der Waals surface area contributed by atoms with Crippen LogP contribution < -0.4 is 0 Å². The number of carbonyl (C=O) groups excluding carboxylic acids is 2. The second-order valence-electron chi connectivity index (χ2n) is 10.9. The van der Waals surface area contributed by atoms with Crippen LogP contribution in [0.5, 0.6) is 0 Å². The van der Waals surface area contributed by atoms with E-state index in [-0.39, 0.29) is 44.2 Å². The Balaban J connectivity index is 1.26. The van der Waals surface area contributed by atoms with Crippen LogP contribution in [0.15, 0.2) is 42.6 Å². The first-order chi connectivity index (χ1) is 18.8. The van der Waals surface area contributed by atoms with E-state index in [2.05, 4.69) is 9.88 Å². The van der Waals surface area contributed by atoms with Gasteiger partial charge in [-0.25, -0.2) is 13.8 Å². The molecule has 0 radical (unpaired) electrons. The number of pyridine rings is 1. The van der Waals surface area contributed by atoms with Gasteiger partial charge in [-0.05, 0) is 49.2 Å². The smallest absolute Gasteiger partial charge is 0.253 e. The first-order valence-electron chi connectivity index (χ1n) is 13.7. The van der Waals surface area contributed by atoms with Crippen LogP contribution in [0.2, 0.25) is 5.15 Å². The third-order valence-electron chi connectivity index (χ3n) is 8.47. The Hall–Kier alpha value is -3.04. The highest BCUT2D eigenvalue weighted by Crippen LogP contribution is 2.31. The molecule has 1 aliphatic carbocycles. The van der Waals surface area contributed by atoms with Gasteiger partial charge in [0, 0.05) is 81.0 Å². The van der Waals surface area contributed by atoms with E-state index < -0.39 is 5.92 Å². The van der Waals surface area contributed by atoms with Crippen molar-refractivity contribution < 1.29 is 18.4 Å². The molecule has 10 heteroatoms. The minimum atomic E-state index is -2.72. The largest absolute Gasteiger partial charge is 0.342 e. The number of aromatic nitrogens is 2. The number of carbonyl (C=O) groups is 2. The standard InChI is InChI=1S/C29H32ClF2N5O2/c30-26-18-23(6-9-33-26)37-24(19-27(38)35-10-7-29(31,32)8-11-35)17-21-16-20(4-5-25(21)37)28(39)36-14-12-34(13-15-36)22-2-1-3-22/h4-6,9,16-18,22H,1-3,7-8,10-15,19H2. The van der Waals surface area contributed by atoms with Crippen molar-refractivity contribution in [3.63, 3.8) is 0 Å². The molecule has 6 rings (SSSR count). The zero-order chi connectivity index (χ0) is 27.1. The molecule has 2 amide bonds. The SMILES string of the molecule is O=C(Cc1cc2cc(C(=O)N3CCN(C4CCC4)CC3)ccc2n1-c1ccnc(Cl)c1)N1CCC(F)(F)CC1. The van der Waals surface area contributed by atoms with E-state index in [4.69, 9.17) is 11.6 Å². The Kier molecular flexibility index (Phi) is 7.05. The minimum absolute atomic E-state index is 0.0109. The second kappa shape index (κ2) is 10.5. The summed E-state index contributed by atoms with van der Waals surface area (Å²) in [4.78, 5) is 36.6. The van der Waals surface area contributed by atoms with Crippen LogP contribution in [-0.2, 0) is 11.2 Å². The van der Waals surface area contributed by atoms with E-state index in [0.29, 0.717) is 22.5 Å². The zero-order valence-corrected chi connectivity index (χ0v) is 22.5. The van der Waals surface area contributed by atoms with Crippen molar-refractivity contribution in [1.29, 1.82) is 0 Å². The number of fused-ring (bicyclic) bond motifs is 1. The quantitative estimate of drug-likeness (QED) is 0.425. The zero-order valence-electron chi connectivity index (χ0n) is 21.8. The number of hydrogen-bond acceptors (Lipinski definition) is 4. The average molecular weight is 556 g/mol. The number of piperidine rings is 1. The molecule has 0 unspecified atom stereocenters. The molecule has 206 valence electrons. The van der Waals surface area contributed by atoms with Crippen molar-refractivity contribution in [2.45, 2.75) is 50.5 Å². The maximum absolute atomic E-state index is 13.6. The number of amides is 2. The summed E-state index contributed by atoms with van der Waals surface area (Å²) in [6.45, 7) is 3.34. The topological polar surface area (TPSA) is 61.7 Å². The maximum atomic E-state index is 13.6. The van der Waals surface area contributed by atoms with Crippen LogP contribution in [0, 0.1) is 0 Å². The number of nitrogens with zero attached hydrogens (tertiary/aromatic N) is 5. The monoisotopic (exact) mass is 555 g/mol. The third kappa shape index (κ3) is 5.39. The summed E-state index contributed by atoms with van der Waals surface area (Å²) in [5.41, 5.74) is 2.88. The van der Waals surface area contributed by atoms with Gasteiger partial charge in [0.25, 0.3) is 11.8 Å². The van der Waals surface area contributed by atoms with E-state index in [0.717, 1.165) is 42.8 Å². The van der Waals surface area contributed by atoms with Crippen molar-refractivity contribution in [2.24, 2.45) is 0 Å². The van der Waals surface area contributed by atoms with E-state index >= 15 is 0 Å². The van der Waals surface area contributed by atoms with Gasteiger partial charge in [0.05, 0.1) is 17.6 Å². The first-order valence-corrected chi connectivity index (χ1v) is 14.1. The maximum Gasteiger partial charge on any atom is 0.253 e. The van der Waals surface area contributed by atoms with Gasteiger partial charge in [0.2, 0.25) is 5.91 Å². The summed E-state index contributed by atoms with van der Waals surface area (Å²) in [7, 11) is 0. The number of likely N-dealkylation sites (tertiary alicyclic amines) is 1. The Morgan fingerprint density at radius 1 is 0.949 bits per heavy atom. The average Bonchev–Trinajstić information content (AvgIpc) is 3.24. The molecule has 2 aliphatic heterocycles. The van der Waals surface area contributed by atoms with Gasteiger partial charge in [0.1, 0.15) is 5.15 Å². The molecule has 0 atom stereocenters. The van der Waals surface area contributed by atoms with Gasteiger partial charge in [-0.2, -0.15) is 0 Å². The Morgan fingerprint density at radius 2 is 1.69 bits per heavy atom. The fourth-order valence-electron chi connectivity index (χ4n) is 5.95. The number of halogens is 3. The van der Waals surface area contributed by atoms with Gasteiger partial charge >= 0.3 is 0 Å². The summed E-state index contributed by atoms with van der Waals surface area (Å²) in [6.07, 6.45) is 4.84. The molecule has 0 bridgehead atoms. The van der Waals surface area contributed by atoms with Crippen LogP contribution >= 0.6 is 11.6 Å². The van der Waals surface area contributed by atoms with Crippen LogP contribution in [0.4, 0.5) is 8.78 Å². The predicted octanol–water partition coefficient (Wildman–Crippen LogP) is 4.79. The van der Waals surface area contributed by atoms with E-state index in [1.807, 2.05) is 33.7 Å². The summed E-state index contributed by atoms with van der Waals surface area (Å²) in [5, 5.41) is 1.15. The van der Waals surface area contributed by atoms with Gasteiger partial charge in [-0.3, -0.25) is 14.5 Å². The van der Waals surface area contributed by atoms with Crippen molar-refractivity contribution in [2.75, 3.05) is 39.3 Å². The van der Waals surface area contributed by atoms with Gasteiger partial charge < -0.3 is 14.4 Å². The lowest BCUT2D eigenvalue weighted by Crippen LogP contribution is -2.53. The third-order valence-corrected chi connectivity index (χ3v) is 8.67. The fraction of sp³-hybridized carbons (Fsp3) is 0.483. The highest BCUT2D eigenvalue weighted by Gasteiger charge is 2.36. The molecule has 1 saturated carbocycles. The van der Waals surface area contributed by atoms with Gasteiger partial charge in [-0.15, -0.1) is 0 Å². The number of benzene rings is 1. The molecule has 2 aromatic heterocycles. The van der Waals surface area contributed by atoms with Crippen LogP contribution in [0.25, 0.3) is 16.6 Å². The van der Waals surface area contributed by atoms with E-state index in [1.165, 1.54) is 24.2 Å². The summed E-state index contributed by atoms with van der Waals surface area (Å²) < 4.78 is 29.2. The number of alkyl halides is 2. The molecular formula is C29H32ClF2N5O2. The molecule has 3 aromatic rings. The highest BCUT2D eigenvalue weighted by molar-refractivity contribution is 6.29. The second-order valence-corrected chi connectivity index (χ2v) is 11.3. The lowest BCUT2D eigenvalue weighted by Gasteiger charge is -2.42. The Bertz CT molecular complexity index is 1390. The van der Waals surface area contributed by atoms with Gasteiger partial charge in [0.15, 0.2) is 0 Å². The number of hydrogen-bond donors (Lipinski definition) is 0. The first kappa shape index (κ1) is 26.2. The van der Waals surface area contributed by atoms with Crippen molar-refractivity contribution in [3.05, 3.63) is 59.0 Å².